The standard InChI is InChI=1S/C25H19Cl2N5O/c26-18-3-6-20(7-4-18)32-23-9-11-29-15-24(23)31(25(32)33)16-21-14-17-13-19(27)5-8-22(17)30(21)12-2-1-10-28/h3-9,11,13-15H,1-2,12,16H2. The third kappa shape index (κ3) is 3.91. The zero-order valence-corrected chi connectivity index (χ0v) is 19.1. The zero-order valence-electron chi connectivity index (χ0n) is 17.6. The number of rotatable bonds is 6. The number of fused-ring (bicyclic) bond motifs is 2. The van der Waals surface area contributed by atoms with E-state index in [1.165, 1.54) is 0 Å². The Morgan fingerprint density at radius 2 is 1.70 bits per heavy atom. The Morgan fingerprint density at radius 3 is 2.48 bits per heavy atom. The quantitative estimate of drug-likeness (QED) is 0.291. The minimum Gasteiger partial charge on any atom is -0.343 e. The lowest BCUT2D eigenvalue weighted by Crippen LogP contribution is -2.24. The van der Waals surface area contributed by atoms with Gasteiger partial charge >= 0.3 is 5.69 Å². The number of unbranched alkanes of at least 4 members (excludes halogenated alkanes) is 1. The Kier molecular flexibility index (Phi) is 5.67. The van der Waals surface area contributed by atoms with Crippen LogP contribution < -0.4 is 5.69 Å². The van der Waals surface area contributed by atoms with Crippen molar-refractivity contribution in [2.45, 2.75) is 25.9 Å². The predicted molar refractivity (Wildman–Crippen MR) is 131 cm³/mol. The summed E-state index contributed by atoms with van der Waals surface area (Å²) < 4.78 is 5.57. The van der Waals surface area contributed by atoms with E-state index >= 15 is 0 Å². The SMILES string of the molecule is N#CCCCn1c(Cn2c(=O)n(-c3ccc(Cl)cc3)c3ccncc32)cc2cc(Cl)ccc21. The molecule has 0 unspecified atom stereocenters. The number of aromatic nitrogens is 4. The highest BCUT2D eigenvalue weighted by molar-refractivity contribution is 6.31. The Labute approximate surface area is 199 Å². The second-order valence-corrected chi connectivity index (χ2v) is 8.67. The first-order chi connectivity index (χ1) is 16.1. The summed E-state index contributed by atoms with van der Waals surface area (Å²) in [4.78, 5) is 17.9. The first-order valence-corrected chi connectivity index (χ1v) is 11.3. The molecule has 0 N–H and O–H groups in total. The molecule has 0 atom stereocenters. The monoisotopic (exact) mass is 475 g/mol. The average Bonchev–Trinajstić information content (AvgIpc) is 3.29. The van der Waals surface area contributed by atoms with Crippen molar-refractivity contribution in [1.82, 2.24) is 18.7 Å². The molecule has 164 valence electrons. The minimum absolute atomic E-state index is 0.160. The van der Waals surface area contributed by atoms with Crippen LogP contribution in [0.1, 0.15) is 18.5 Å². The molecule has 5 rings (SSSR count). The summed E-state index contributed by atoms with van der Waals surface area (Å²) in [7, 11) is 0. The fourth-order valence-corrected chi connectivity index (χ4v) is 4.57. The first-order valence-electron chi connectivity index (χ1n) is 10.5. The number of hydrogen-bond donors (Lipinski definition) is 0. The molecule has 0 amide bonds. The van der Waals surface area contributed by atoms with Gasteiger partial charge in [0.25, 0.3) is 0 Å². The topological polar surface area (TPSA) is 68.5 Å². The van der Waals surface area contributed by atoms with Crippen LogP contribution in [0.2, 0.25) is 10.0 Å². The van der Waals surface area contributed by atoms with E-state index in [1.54, 1.807) is 33.7 Å². The van der Waals surface area contributed by atoms with Crippen molar-refractivity contribution < 1.29 is 0 Å². The Hall–Kier alpha value is -3.53. The molecule has 5 aromatic rings. The molecule has 0 radical (unpaired) electrons. The third-order valence-electron chi connectivity index (χ3n) is 5.76. The first kappa shape index (κ1) is 21.3. The number of pyridine rings is 1. The molecule has 8 heteroatoms. The molecule has 0 saturated carbocycles. The molecule has 3 aromatic heterocycles. The van der Waals surface area contributed by atoms with Crippen molar-refractivity contribution in [3.63, 3.8) is 0 Å². The summed E-state index contributed by atoms with van der Waals surface area (Å²) in [6, 6.07) is 19.1. The van der Waals surface area contributed by atoms with Crippen LogP contribution in [0.25, 0.3) is 27.6 Å². The molecule has 0 spiro atoms. The lowest BCUT2D eigenvalue weighted by molar-refractivity contribution is 0.621. The molecule has 0 bridgehead atoms. The molecule has 0 saturated heterocycles. The van der Waals surface area contributed by atoms with E-state index in [2.05, 4.69) is 21.7 Å². The number of hydrogen-bond acceptors (Lipinski definition) is 3. The number of nitriles is 1. The summed E-state index contributed by atoms with van der Waals surface area (Å²) in [5, 5.41) is 11.3. The number of nitrogens with zero attached hydrogens (tertiary/aromatic N) is 5. The highest BCUT2D eigenvalue weighted by Gasteiger charge is 2.17. The largest absolute Gasteiger partial charge is 0.343 e. The third-order valence-corrected chi connectivity index (χ3v) is 6.24. The van der Waals surface area contributed by atoms with Gasteiger partial charge in [0.1, 0.15) is 0 Å². The van der Waals surface area contributed by atoms with Crippen LogP contribution in [0, 0.1) is 11.3 Å². The van der Waals surface area contributed by atoms with Gasteiger partial charge < -0.3 is 4.57 Å². The molecule has 0 aliphatic carbocycles. The summed E-state index contributed by atoms with van der Waals surface area (Å²) in [6.07, 6.45) is 4.58. The van der Waals surface area contributed by atoms with Crippen molar-refractivity contribution in [3.8, 4) is 11.8 Å². The Balaban J connectivity index is 1.66. The van der Waals surface area contributed by atoms with Gasteiger partial charge in [-0.1, -0.05) is 23.2 Å². The highest BCUT2D eigenvalue weighted by Crippen LogP contribution is 2.26. The van der Waals surface area contributed by atoms with Crippen LogP contribution in [0.4, 0.5) is 0 Å². The second kappa shape index (κ2) is 8.78. The highest BCUT2D eigenvalue weighted by atomic mass is 35.5. The number of aryl methyl sites for hydroxylation is 1. The smallest absolute Gasteiger partial charge is 0.334 e. The summed E-state index contributed by atoms with van der Waals surface area (Å²) in [5.74, 6) is 0. The van der Waals surface area contributed by atoms with E-state index in [9.17, 15) is 4.79 Å². The average molecular weight is 476 g/mol. The van der Waals surface area contributed by atoms with Gasteiger partial charge in [0.05, 0.1) is 35.5 Å². The van der Waals surface area contributed by atoms with Crippen molar-refractivity contribution in [2.24, 2.45) is 0 Å². The lowest BCUT2D eigenvalue weighted by atomic mass is 10.2. The van der Waals surface area contributed by atoms with E-state index in [0.29, 0.717) is 29.6 Å². The fourth-order valence-electron chi connectivity index (χ4n) is 4.27. The van der Waals surface area contributed by atoms with Crippen LogP contribution in [-0.2, 0) is 13.1 Å². The van der Waals surface area contributed by atoms with Crippen LogP contribution >= 0.6 is 23.2 Å². The van der Waals surface area contributed by atoms with Gasteiger partial charge in [-0.15, -0.1) is 0 Å². The van der Waals surface area contributed by atoms with Crippen molar-refractivity contribution in [3.05, 3.63) is 93.2 Å². The Bertz CT molecular complexity index is 1570. The van der Waals surface area contributed by atoms with Crippen LogP contribution in [0.5, 0.6) is 0 Å². The van der Waals surface area contributed by atoms with Crippen molar-refractivity contribution in [1.29, 1.82) is 5.26 Å². The van der Waals surface area contributed by atoms with Gasteiger partial charge in [0.2, 0.25) is 0 Å². The van der Waals surface area contributed by atoms with Crippen molar-refractivity contribution >= 4 is 45.1 Å². The normalized spacial score (nSPS) is 11.3. The molecule has 3 heterocycles. The van der Waals surface area contributed by atoms with E-state index < -0.39 is 0 Å². The summed E-state index contributed by atoms with van der Waals surface area (Å²) in [5.41, 5.74) is 4.08. The zero-order chi connectivity index (χ0) is 22.9. The summed E-state index contributed by atoms with van der Waals surface area (Å²) >= 11 is 12.3. The number of benzene rings is 2. The lowest BCUT2D eigenvalue weighted by Gasteiger charge is -2.11. The van der Waals surface area contributed by atoms with Gasteiger partial charge in [-0.2, -0.15) is 5.26 Å². The van der Waals surface area contributed by atoms with E-state index in [1.807, 2.05) is 36.4 Å². The maximum absolute atomic E-state index is 13.6. The van der Waals surface area contributed by atoms with Gasteiger partial charge in [-0.3, -0.25) is 14.1 Å². The predicted octanol–water partition coefficient (Wildman–Crippen LogP) is 5.80. The summed E-state index contributed by atoms with van der Waals surface area (Å²) in [6.45, 7) is 1.04. The van der Waals surface area contributed by atoms with E-state index in [0.717, 1.165) is 39.7 Å². The molecule has 0 aliphatic rings. The van der Waals surface area contributed by atoms with E-state index in [4.69, 9.17) is 28.5 Å². The molecule has 6 nitrogen and oxygen atoms in total. The molecule has 2 aromatic carbocycles. The molecule has 0 aliphatic heterocycles. The second-order valence-electron chi connectivity index (χ2n) is 7.80. The molecule has 33 heavy (non-hydrogen) atoms. The van der Waals surface area contributed by atoms with Crippen molar-refractivity contribution in [2.75, 3.05) is 0 Å². The minimum atomic E-state index is -0.160. The van der Waals surface area contributed by atoms with Crippen LogP contribution in [0.3, 0.4) is 0 Å². The van der Waals surface area contributed by atoms with Crippen LogP contribution in [-0.4, -0.2) is 18.7 Å². The Morgan fingerprint density at radius 1 is 0.909 bits per heavy atom. The van der Waals surface area contributed by atoms with Gasteiger partial charge in [0.15, 0.2) is 0 Å². The maximum Gasteiger partial charge on any atom is 0.334 e. The van der Waals surface area contributed by atoms with Gasteiger partial charge in [0, 0.05) is 45.8 Å². The molecular weight excluding hydrogens is 457 g/mol. The fraction of sp³-hybridized carbons (Fsp3) is 0.160. The number of imidazole rings is 1. The maximum atomic E-state index is 13.6. The molecular formula is C25H19Cl2N5O. The molecule has 0 fully saturated rings. The van der Waals surface area contributed by atoms with Gasteiger partial charge in [-0.25, -0.2) is 4.79 Å². The number of halogens is 2. The van der Waals surface area contributed by atoms with Gasteiger partial charge in [-0.05, 0) is 61.0 Å². The van der Waals surface area contributed by atoms with Crippen LogP contribution in [0.15, 0.2) is 71.8 Å². The van der Waals surface area contributed by atoms with E-state index in [-0.39, 0.29) is 5.69 Å².